The SMILES string of the molecule is CCCC(C)Oc1nc2ccccc2cc1/C(N)=N/O. The maximum Gasteiger partial charge on any atom is 0.225 e. The first-order valence-corrected chi connectivity index (χ1v) is 6.70. The highest BCUT2D eigenvalue weighted by Gasteiger charge is 2.14. The van der Waals surface area contributed by atoms with Crippen LogP contribution < -0.4 is 10.5 Å². The van der Waals surface area contributed by atoms with Gasteiger partial charge in [-0.3, -0.25) is 0 Å². The molecule has 5 heteroatoms. The van der Waals surface area contributed by atoms with E-state index in [0.717, 1.165) is 23.7 Å². The van der Waals surface area contributed by atoms with Gasteiger partial charge in [0.2, 0.25) is 5.88 Å². The second kappa shape index (κ2) is 6.23. The van der Waals surface area contributed by atoms with E-state index in [4.69, 9.17) is 15.7 Å². The van der Waals surface area contributed by atoms with Gasteiger partial charge in [0.25, 0.3) is 0 Å². The van der Waals surface area contributed by atoms with E-state index in [-0.39, 0.29) is 11.9 Å². The van der Waals surface area contributed by atoms with Crippen molar-refractivity contribution in [2.24, 2.45) is 10.9 Å². The number of fused-ring (bicyclic) bond motifs is 1. The summed E-state index contributed by atoms with van der Waals surface area (Å²) in [5.74, 6) is 0.405. The number of oxime groups is 1. The number of amidine groups is 1. The topological polar surface area (TPSA) is 80.7 Å². The van der Waals surface area contributed by atoms with Gasteiger partial charge in [0.1, 0.15) is 0 Å². The Balaban J connectivity index is 2.48. The number of rotatable bonds is 5. The largest absolute Gasteiger partial charge is 0.474 e. The van der Waals surface area contributed by atoms with Crippen LogP contribution in [0.4, 0.5) is 0 Å². The molecule has 1 aromatic heterocycles. The molecule has 2 rings (SSSR count). The second-order valence-electron chi connectivity index (χ2n) is 4.74. The van der Waals surface area contributed by atoms with Crippen LogP contribution in [0.3, 0.4) is 0 Å². The Kier molecular flexibility index (Phi) is 4.40. The molecule has 0 aliphatic rings. The summed E-state index contributed by atoms with van der Waals surface area (Å²) < 4.78 is 5.83. The maximum atomic E-state index is 8.90. The molecule has 20 heavy (non-hydrogen) atoms. The Bertz CT molecular complexity index is 626. The molecule has 1 aromatic carbocycles. The van der Waals surface area contributed by atoms with Gasteiger partial charge in [-0.15, -0.1) is 0 Å². The summed E-state index contributed by atoms with van der Waals surface area (Å²) in [5, 5.41) is 12.9. The molecule has 0 saturated carbocycles. The number of ether oxygens (including phenoxy) is 1. The van der Waals surface area contributed by atoms with Crippen LogP contribution >= 0.6 is 0 Å². The standard InChI is InChI=1S/C15H19N3O2/c1-3-6-10(2)20-15-12(14(16)18-19)9-11-7-4-5-8-13(11)17-15/h4-5,7-10,19H,3,6H2,1-2H3,(H2,16,18). The Morgan fingerprint density at radius 1 is 1.45 bits per heavy atom. The lowest BCUT2D eigenvalue weighted by Crippen LogP contribution is -2.19. The molecule has 0 aliphatic heterocycles. The van der Waals surface area contributed by atoms with Crippen LogP contribution in [0.5, 0.6) is 5.88 Å². The minimum Gasteiger partial charge on any atom is -0.474 e. The van der Waals surface area contributed by atoms with E-state index in [1.807, 2.05) is 37.3 Å². The summed E-state index contributed by atoms with van der Waals surface area (Å²) in [5.41, 5.74) is 7.04. The van der Waals surface area contributed by atoms with Crippen molar-refractivity contribution in [3.05, 3.63) is 35.9 Å². The van der Waals surface area contributed by atoms with Crippen LogP contribution in [0.2, 0.25) is 0 Å². The molecule has 0 radical (unpaired) electrons. The fourth-order valence-electron chi connectivity index (χ4n) is 2.08. The minimum atomic E-state index is 0.00181. The first kappa shape index (κ1) is 14.1. The molecular weight excluding hydrogens is 254 g/mol. The van der Waals surface area contributed by atoms with Crippen molar-refractivity contribution >= 4 is 16.7 Å². The zero-order valence-corrected chi connectivity index (χ0v) is 11.7. The van der Waals surface area contributed by atoms with Crippen LogP contribution in [0.1, 0.15) is 32.3 Å². The Morgan fingerprint density at radius 3 is 2.90 bits per heavy atom. The number of pyridine rings is 1. The van der Waals surface area contributed by atoms with Gasteiger partial charge in [-0.1, -0.05) is 36.7 Å². The highest BCUT2D eigenvalue weighted by Crippen LogP contribution is 2.23. The van der Waals surface area contributed by atoms with Gasteiger partial charge in [-0.05, 0) is 25.5 Å². The molecule has 0 saturated heterocycles. The molecule has 0 spiro atoms. The fraction of sp³-hybridized carbons (Fsp3) is 0.333. The van der Waals surface area contributed by atoms with Gasteiger partial charge in [-0.2, -0.15) is 0 Å². The van der Waals surface area contributed by atoms with Gasteiger partial charge in [-0.25, -0.2) is 4.98 Å². The lowest BCUT2D eigenvalue weighted by atomic mass is 10.1. The molecule has 106 valence electrons. The van der Waals surface area contributed by atoms with Crippen molar-refractivity contribution < 1.29 is 9.94 Å². The summed E-state index contributed by atoms with van der Waals surface area (Å²) in [6.45, 7) is 4.08. The van der Waals surface area contributed by atoms with Crippen LogP contribution in [0.25, 0.3) is 10.9 Å². The van der Waals surface area contributed by atoms with Crippen molar-refractivity contribution in [1.29, 1.82) is 0 Å². The maximum absolute atomic E-state index is 8.90. The average Bonchev–Trinajstić information content (AvgIpc) is 2.46. The second-order valence-corrected chi connectivity index (χ2v) is 4.74. The fourth-order valence-corrected chi connectivity index (χ4v) is 2.08. The molecule has 5 nitrogen and oxygen atoms in total. The van der Waals surface area contributed by atoms with Gasteiger partial charge in [0.15, 0.2) is 5.84 Å². The van der Waals surface area contributed by atoms with E-state index in [0.29, 0.717) is 11.4 Å². The van der Waals surface area contributed by atoms with Gasteiger partial charge >= 0.3 is 0 Å². The third-order valence-corrected chi connectivity index (χ3v) is 3.08. The van der Waals surface area contributed by atoms with E-state index >= 15 is 0 Å². The molecular formula is C15H19N3O2. The molecule has 0 amide bonds. The first-order valence-electron chi connectivity index (χ1n) is 6.70. The zero-order chi connectivity index (χ0) is 14.5. The van der Waals surface area contributed by atoms with Crippen molar-refractivity contribution in [1.82, 2.24) is 4.98 Å². The van der Waals surface area contributed by atoms with E-state index in [1.165, 1.54) is 0 Å². The molecule has 0 bridgehead atoms. The monoisotopic (exact) mass is 273 g/mol. The lowest BCUT2D eigenvalue weighted by molar-refractivity contribution is 0.201. The number of nitrogens with two attached hydrogens (primary N) is 1. The van der Waals surface area contributed by atoms with Crippen LogP contribution in [-0.2, 0) is 0 Å². The number of para-hydroxylation sites is 1. The Morgan fingerprint density at radius 2 is 2.20 bits per heavy atom. The smallest absolute Gasteiger partial charge is 0.225 e. The van der Waals surface area contributed by atoms with E-state index in [9.17, 15) is 0 Å². The Hall–Kier alpha value is -2.30. The van der Waals surface area contributed by atoms with Gasteiger partial charge < -0.3 is 15.7 Å². The third-order valence-electron chi connectivity index (χ3n) is 3.08. The summed E-state index contributed by atoms with van der Waals surface area (Å²) in [6.07, 6.45) is 1.97. The molecule has 0 aliphatic carbocycles. The van der Waals surface area contributed by atoms with Crippen molar-refractivity contribution in [3.63, 3.8) is 0 Å². The van der Waals surface area contributed by atoms with E-state index in [1.54, 1.807) is 0 Å². The molecule has 3 N–H and O–H groups in total. The highest BCUT2D eigenvalue weighted by atomic mass is 16.5. The van der Waals surface area contributed by atoms with Crippen LogP contribution in [-0.4, -0.2) is 22.1 Å². The zero-order valence-electron chi connectivity index (χ0n) is 11.7. The third kappa shape index (κ3) is 2.99. The minimum absolute atomic E-state index is 0.00181. The van der Waals surface area contributed by atoms with Crippen molar-refractivity contribution in [2.45, 2.75) is 32.8 Å². The molecule has 1 heterocycles. The quantitative estimate of drug-likeness (QED) is 0.380. The molecule has 1 unspecified atom stereocenters. The summed E-state index contributed by atoms with van der Waals surface area (Å²) in [4.78, 5) is 4.47. The predicted molar refractivity (Wildman–Crippen MR) is 79.3 cm³/mol. The van der Waals surface area contributed by atoms with Gasteiger partial charge in [0, 0.05) is 5.39 Å². The van der Waals surface area contributed by atoms with Crippen molar-refractivity contribution in [3.8, 4) is 5.88 Å². The van der Waals surface area contributed by atoms with Crippen molar-refractivity contribution in [2.75, 3.05) is 0 Å². The highest BCUT2D eigenvalue weighted by molar-refractivity contribution is 6.02. The molecule has 2 aromatic rings. The first-order chi connectivity index (χ1) is 9.65. The summed E-state index contributed by atoms with van der Waals surface area (Å²) in [7, 11) is 0. The molecule has 0 fully saturated rings. The van der Waals surface area contributed by atoms with Crippen LogP contribution in [0.15, 0.2) is 35.5 Å². The number of hydrogen-bond donors (Lipinski definition) is 2. The Labute approximate surface area is 118 Å². The van der Waals surface area contributed by atoms with E-state index < -0.39 is 0 Å². The summed E-state index contributed by atoms with van der Waals surface area (Å²) in [6, 6.07) is 9.49. The normalized spacial score (nSPS) is 13.4. The lowest BCUT2D eigenvalue weighted by Gasteiger charge is -2.16. The summed E-state index contributed by atoms with van der Waals surface area (Å²) >= 11 is 0. The number of hydrogen-bond acceptors (Lipinski definition) is 4. The van der Waals surface area contributed by atoms with Gasteiger partial charge in [0.05, 0.1) is 17.2 Å². The number of nitrogens with zero attached hydrogens (tertiary/aromatic N) is 2. The van der Waals surface area contributed by atoms with Crippen LogP contribution in [0, 0.1) is 0 Å². The number of benzene rings is 1. The molecule has 1 atom stereocenters. The number of aromatic nitrogens is 1. The average molecular weight is 273 g/mol. The van der Waals surface area contributed by atoms with E-state index in [2.05, 4.69) is 17.1 Å². The predicted octanol–water partition coefficient (Wildman–Crippen LogP) is 2.90.